The summed E-state index contributed by atoms with van der Waals surface area (Å²) in [4.78, 5) is 3.38. The number of hydrogen-bond acceptors (Lipinski definition) is 0. The minimum absolute atomic E-state index is 0.642. The first kappa shape index (κ1) is 11.7. The van der Waals surface area contributed by atoms with Gasteiger partial charge in [0.15, 0.2) is 0 Å². The average Bonchev–Trinajstić information content (AvgIpc) is 2.64. The first-order chi connectivity index (χ1) is 7.65. The van der Waals surface area contributed by atoms with Gasteiger partial charge in [-0.1, -0.05) is 32.9 Å². The lowest BCUT2D eigenvalue weighted by Crippen LogP contribution is -2.04. The molecule has 1 nitrogen and oxygen atoms in total. The molecule has 1 aromatic carbocycles. The number of hydrogen-bond donors (Lipinski definition) is 1. The summed E-state index contributed by atoms with van der Waals surface area (Å²) in [5, 5.41) is 1.36. The van der Waals surface area contributed by atoms with Crippen molar-refractivity contribution in [1.82, 2.24) is 4.98 Å². The quantitative estimate of drug-likeness (QED) is 0.807. The fraction of sp³-hybridized carbons (Fsp3) is 0.429. The SMILES string of the molecule is CCC(c1c[nH]c2c(Br)cccc12)C(C)C. The Morgan fingerprint density at radius 1 is 1.31 bits per heavy atom. The minimum Gasteiger partial charge on any atom is -0.360 e. The van der Waals surface area contributed by atoms with Gasteiger partial charge in [0, 0.05) is 16.1 Å². The molecular formula is C14H18BrN. The molecule has 0 saturated carbocycles. The fourth-order valence-corrected chi connectivity index (χ4v) is 2.98. The molecule has 0 radical (unpaired) electrons. The van der Waals surface area contributed by atoms with Gasteiger partial charge in [-0.05, 0) is 45.8 Å². The van der Waals surface area contributed by atoms with Gasteiger partial charge in [0.25, 0.3) is 0 Å². The van der Waals surface area contributed by atoms with Crippen molar-refractivity contribution < 1.29 is 0 Å². The topological polar surface area (TPSA) is 15.8 Å². The standard InChI is InChI=1S/C14H18BrN/c1-4-10(9(2)3)12-8-16-14-11(12)6-5-7-13(14)15/h5-10,16H,4H2,1-3H3. The normalized spacial score (nSPS) is 13.6. The van der Waals surface area contributed by atoms with E-state index in [2.05, 4.69) is 66.1 Å². The zero-order chi connectivity index (χ0) is 11.7. The van der Waals surface area contributed by atoms with Crippen LogP contribution >= 0.6 is 15.9 Å². The molecule has 0 aliphatic carbocycles. The van der Waals surface area contributed by atoms with Gasteiger partial charge in [0.1, 0.15) is 0 Å². The molecule has 0 spiro atoms. The molecular weight excluding hydrogens is 262 g/mol. The maximum Gasteiger partial charge on any atom is 0.0601 e. The predicted octanol–water partition coefficient (Wildman–Crippen LogP) is 5.08. The largest absolute Gasteiger partial charge is 0.360 e. The van der Waals surface area contributed by atoms with Crippen molar-refractivity contribution in [2.45, 2.75) is 33.1 Å². The third-order valence-electron chi connectivity index (χ3n) is 3.34. The molecule has 0 aliphatic heterocycles. The maximum absolute atomic E-state index is 3.59. The van der Waals surface area contributed by atoms with Crippen LogP contribution < -0.4 is 0 Å². The van der Waals surface area contributed by atoms with E-state index >= 15 is 0 Å². The predicted molar refractivity (Wildman–Crippen MR) is 73.9 cm³/mol. The fourth-order valence-electron chi connectivity index (χ4n) is 2.50. The molecule has 0 fully saturated rings. The van der Waals surface area contributed by atoms with Crippen LogP contribution in [0.5, 0.6) is 0 Å². The monoisotopic (exact) mass is 279 g/mol. The highest BCUT2D eigenvalue weighted by Gasteiger charge is 2.17. The molecule has 1 unspecified atom stereocenters. The highest BCUT2D eigenvalue weighted by molar-refractivity contribution is 9.10. The van der Waals surface area contributed by atoms with E-state index in [0.717, 1.165) is 4.47 Å². The van der Waals surface area contributed by atoms with E-state index in [1.807, 2.05) is 0 Å². The summed E-state index contributed by atoms with van der Waals surface area (Å²) in [6.45, 7) is 6.86. The van der Waals surface area contributed by atoms with Crippen LogP contribution in [0.2, 0.25) is 0 Å². The Morgan fingerprint density at radius 2 is 2.06 bits per heavy atom. The van der Waals surface area contributed by atoms with Crippen LogP contribution in [-0.4, -0.2) is 4.98 Å². The van der Waals surface area contributed by atoms with Crippen molar-refractivity contribution in [3.05, 3.63) is 34.4 Å². The van der Waals surface area contributed by atoms with Gasteiger partial charge in [-0.2, -0.15) is 0 Å². The van der Waals surface area contributed by atoms with Gasteiger partial charge in [-0.3, -0.25) is 0 Å². The first-order valence-electron chi connectivity index (χ1n) is 5.90. The van der Waals surface area contributed by atoms with Crippen molar-refractivity contribution in [2.75, 3.05) is 0 Å². The van der Waals surface area contributed by atoms with Gasteiger partial charge in [0.2, 0.25) is 0 Å². The molecule has 1 aromatic heterocycles. The summed E-state index contributed by atoms with van der Waals surface area (Å²) in [6.07, 6.45) is 3.36. The van der Waals surface area contributed by atoms with Gasteiger partial charge < -0.3 is 4.98 Å². The van der Waals surface area contributed by atoms with Crippen molar-refractivity contribution >= 4 is 26.8 Å². The number of H-pyrrole nitrogens is 1. The van der Waals surface area contributed by atoms with Crippen LogP contribution in [0.4, 0.5) is 0 Å². The smallest absolute Gasteiger partial charge is 0.0601 e. The van der Waals surface area contributed by atoms with Gasteiger partial charge in [0.05, 0.1) is 5.52 Å². The third-order valence-corrected chi connectivity index (χ3v) is 4.00. The number of aromatic amines is 1. The molecule has 0 amide bonds. The summed E-state index contributed by atoms with van der Waals surface area (Å²) in [5.74, 6) is 1.33. The number of halogens is 1. The van der Waals surface area contributed by atoms with Crippen LogP contribution in [0.3, 0.4) is 0 Å². The Hall–Kier alpha value is -0.760. The number of rotatable bonds is 3. The molecule has 0 saturated heterocycles. The molecule has 1 N–H and O–H groups in total. The second kappa shape index (κ2) is 4.62. The summed E-state index contributed by atoms with van der Waals surface area (Å²) in [5.41, 5.74) is 2.67. The van der Waals surface area contributed by atoms with Gasteiger partial charge in [-0.15, -0.1) is 0 Å². The van der Waals surface area contributed by atoms with Crippen LogP contribution in [0.25, 0.3) is 10.9 Å². The lowest BCUT2D eigenvalue weighted by Gasteiger charge is -2.18. The van der Waals surface area contributed by atoms with E-state index in [0.29, 0.717) is 11.8 Å². The van der Waals surface area contributed by atoms with Crippen LogP contribution in [0, 0.1) is 5.92 Å². The van der Waals surface area contributed by atoms with E-state index in [1.165, 1.54) is 22.9 Å². The summed E-state index contributed by atoms with van der Waals surface area (Å²) >= 11 is 3.59. The van der Waals surface area contributed by atoms with E-state index in [-0.39, 0.29) is 0 Å². The average molecular weight is 280 g/mol. The Labute approximate surface area is 105 Å². The first-order valence-corrected chi connectivity index (χ1v) is 6.70. The molecule has 0 bridgehead atoms. The van der Waals surface area contributed by atoms with Crippen molar-refractivity contribution in [3.63, 3.8) is 0 Å². The molecule has 2 rings (SSSR count). The van der Waals surface area contributed by atoms with Crippen LogP contribution in [0.1, 0.15) is 38.7 Å². The van der Waals surface area contributed by atoms with Crippen molar-refractivity contribution in [2.24, 2.45) is 5.92 Å². The number of nitrogens with one attached hydrogen (secondary N) is 1. The Kier molecular flexibility index (Phi) is 3.38. The number of fused-ring (bicyclic) bond motifs is 1. The molecule has 86 valence electrons. The lowest BCUT2D eigenvalue weighted by atomic mass is 9.86. The molecule has 1 heterocycles. The molecule has 2 heteroatoms. The zero-order valence-electron chi connectivity index (χ0n) is 10.0. The Bertz CT molecular complexity index is 484. The number of para-hydroxylation sites is 1. The van der Waals surface area contributed by atoms with E-state index in [4.69, 9.17) is 0 Å². The maximum atomic E-state index is 3.59. The van der Waals surface area contributed by atoms with Crippen molar-refractivity contribution in [3.8, 4) is 0 Å². The van der Waals surface area contributed by atoms with Gasteiger partial charge >= 0.3 is 0 Å². The summed E-state index contributed by atoms with van der Waals surface area (Å²) in [7, 11) is 0. The Morgan fingerprint density at radius 3 is 2.69 bits per heavy atom. The second-order valence-electron chi connectivity index (χ2n) is 4.67. The van der Waals surface area contributed by atoms with Crippen molar-refractivity contribution in [1.29, 1.82) is 0 Å². The van der Waals surface area contributed by atoms with E-state index in [9.17, 15) is 0 Å². The minimum atomic E-state index is 0.642. The molecule has 0 aliphatic rings. The summed E-state index contributed by atoms with van der Waals surface area (Å²) in [6, 6.07) is 6.40. The molecule has 2 aromatic rings. The van der Waals surface area contributed by atoms with E-state index in [1.54, 1.807) is 0 Å². The number of benzene rings is 1. The zero-order valence-corrected chi connectivity index (χ0v) is 11.6. The third kappa shape index (κ3) is 1.91. The molecule has 1 atom stereocenters. The Balaban J connectivity index is 2.57. The van der Waals surface area contributed by atoms with Gasteiger partial charge in [-0.25, -0.2) is 0 Å². The highest BCUT2D eigenvalue weighted by Crippen LogP contribution is 2.35. The van der Waals surface area contributed by atoms with Crippen LogP contribution in [-0.2, 0) is 0 Å². The van der Waals surface area contributed by atoms with Crippen LogP contribution in [0.15, 0.2) is 28.9 Å². The van der Waals surface area contributed by atoms with E-state index < -0.39 is 0 Å². The molecule has 16 heavy (non-hydrogen) atoms. The summed E-state index contributed by atoms with van der Waals surface area (Å²) < 4.78 is 1.15. The highest BCUT2D eigenvalue weighted by atomic mass is 79.9. The lowest BCUT2D eigenvalue weighted by molar-refractivity contribution is 0.488. The number of aromatic nitrogens is 1. The second-order valence-corrected chi connectivity index (χ2v) is 5.52.